The first-order chi connectivity index (χ1) is 7.66. The predicted molar refractivity (Wildman–Crippen MR) is 64.7 cm³/mol. The van der Waals surface area contributed by atoms with Crippen LogP contribution in [0.2, 0.25) is 0 Å². The molecule has 16 heavy (non-hydrogen) atoms. The Morgan fingerprint density at radius 3 is 2.56 bits per heavy atom. The van der Waals surface area contributed by atoms with Crippen molar-refractivity contribution >= 4 is 10.0 Å². The fourth-order valence-electron chi connectivity index (χ4n) is 2.18. The minimum atomic E-state index is -3.00. The van der Waals surface area contributed by atoms with E-state index in [1.54, 1.807) is 0 Å². The maximum Gasteiger partial charge on any atom is 0.211 e. The molecule has 1 aliphatic carbocycles. The van der Waals surface area contributed by atoms with E-state index in [1.165, 1.54) is 19.3 Å². The number of hydrogen-bond acceptors (Lipinski definition) is 3. The first-order valence-corrected chi connectivity index (χ1v) is 7.99. The summed E-state index contributed by atoms with van der Waals surface area (Å²) in [5.74, 6) is 1.67. The SMILES string of the molecule is O=S(=O)(CCC1CC1)NCCC1CCNC1. The first-order valence-electron chi connectivity index (χ1n) is 6.34. The lowest BCUT2D eigenvalue weighted by molar-refractivity contribution is 0.518. The van der Waals surface area contributed by atoms with Gasteiger partial charge in [-0.1, -0.05) is 12.8 Å². The molecule has 0 spiro atoms. The van der Waals surface area contributed by atoms with Crippen LogP contribution in [0, 0.1) is 11.8 Å². The number of sulfonamides is 1. The molecule has 0 bridgehead atoms. The van der Waals surface area contributed by atoms with Gasteiger partial charge >= 0.3 is 0 Å². The van der Waals surface area contributed by atoms with E-state index in [0.717, 1.165) is 25.9 Å². The maximum absolute atomic E-state index is 11.6. The first kappa shape index (κ1) is 12.3. The normalized spacial score (nSPS) is 26.1. The van der Waals surface area contributed by atoms with Crippen molar-refractivity contribution < 1.29 is 8.42 Å². The van der Waals surface area contributed by atoms with E-state index in [0.29, 0.717) is 24.1 Å². The Kier molecular flexibility index (Phi) is 4.21. The largest absolute Gasteiger partial charge is 0.316 e. The molecule has 0 aromatic rings. The fourth-order valence-corrected chi connectivity index (χ4v) is 3.40. The van der Waals surface area contributed by atoms with Gasteiger partial charge in [-0.25, -0.2) is 13.1 Å². The van der Waals surface area contributed by atoms with Crippen molar-refractivity contribution in [3.8, 4) is 0 Å². The fraction of sp³-hybridized carbons (Fsp3) is 1.00. The van der Waals surface area contributed by atoms with Crippen LogP contribution in [0.15, 0.2) is 0 Å². The Balaban J connectivity index is 1.59. The molecule has 5 heteroatoms. The number of hydrogen-bond donors (Lipinski definition) is 2. The zero-order chi connectivity index (χ0) is 11.4. The van der Waals surface area contributed by atoms with Crippen molar-refractivity contribution in [2.45, 2.75) is 32.1 Å². The van der Waals surface area contributed by atoms with Gasteiger partial charge < -0.3 is 5.32 Å². The van der Waals surface area contributed by atoms with E-state index in [2.05, 4.69) is 10.0 Å². The summed E-state index contributed by atoms with van der Waals surface area (Å²) in [6.07, 6.45) is 5.45. The molecule has 2 N–H and O–H groups in total. The summed E-state index contributed by atoms with van der Waals surface area (Å²) < 4.78 is 25.9. The molecule has 1 saturated carbocycles. The monoisotopic (exact) mass is 246 g/mol. The van der Waals surface area contributed by atoms with Crippen LogP contribution in [0.5, 0.6) is 0 Å². The molecule has 94 valence electrons. The van der Waals surface area contributed by atoms with Crippen LogP contribution in [-0.4, -0.2) is 33.8 Å². The van der Waals surface area contributed by atoms with Crippen molar-refractivity contribution in [1.82, 2.24) is 10.0 Å². The van der Waals surface area contributed by atoms with Gasteiger partial charge in [-0.3, -0.25) is 0 Å². The van der Waals surface area contributed by atoms with Gasteiger partial charge in [0.15, 0.2) is 0 Å². The third-order valence-corrected chi connectivity index (χ3v) is 4.95. The van der Waals surface area contributed by atoms with Gasteiger partial charge in [-0.15, -0.1) is 0 Å². The summed E-state index contributed by atoms with van der Waals surface area (Å²) in [4.78, 5) is 0. The quantitative estimate of drug-likeness (QED) is 0.695. The highest BCUT2D eigenvalue weighted by atomic mass is 32.2. The van der Waals surface area contributed by atoms with Gasteiger partial charge in [0.1, 0.15) is 0 Å². The topological polar surface area (TPSA) is 58.2 Å². The minimum absolute atomic E-state index is 0.320. The average molecular weight is 246 g/mol. The van der Waals surface area contributed by atoms with Crippen molar-refractivity contribution in [2.24, 2.45) is 11.8 Å². The summed E-state index contributed by atoms with van der Waals surface area (Å²) >= 11 is 0. The van der Waals surface area contributed by atoms with Crippen molar-refractivity contribution in [2.75, 3.05) is 25.4 Å². The van der Waals surface area contributed by atoms with Gasteiger partial charge in [-0.2, -0.15) is 0 Å². The molecule has 1 unspecified atom stereocenters. The van der Waals surface area contributed by atoms with Gasteiger partial charge in [0, 0.05) is 6.54 Å². The molecule has 2 rings (SSSR count). The molecule has 0 aromatic carbocycles. The van der Waals surface area contributed by atoms with Crippen LogP contribution >= 0.6 is 0 Å². The molecule has 1 saturated heterocycles. The molecule has 2 fully saturated rings. The molecule has 0 radical (unpaired) electrons. The molecule has 1 heterocycles. The Bertz CT molecular complexity index is 306. The van der Waals surface area contributed by atoms with Crippen LogP contribution in [0.4, 0.5) is 0 Å². The van der Waals surface area contributed by atoms with E-state index in [1.807, 2.05) is 0 Å². The smallest absolute Gasteiger partial charge is 0.211 e. The average Bonchev–Trinajstić information content (AvgIpc) is 2.93. The van der Waals surface area contributed by atoms with Gasteiger partial charge in [0.2, 0.25) is 10.0 Å². The highest BCUT2D eigenvalue weighted by Crippen LogP contribution is 2.32. The van der Waals surface area contributed by atoms with E-state index < -0.39 is 10.0 Å². The summed E-state index contributed by atoms with van der Waals surface area (Å²) in [6.45, 7) is 2.74. The Morgan fingerprint density at radius 2 is 1.94 bits per heavy atom. The zero-order valence-corrected chi connectivity index (χ0v) is 10.6. The molecule has 0 aromatic heterocycles. The number of rotatable bonds is 7. The van der Waals surface area contributed by atoms with E-state index in [9.17, 15) is 8.42 Å². The van der Waals surface area contributed by atoms with E-state index in [4.69, 9.17) is 0 Å². The van der Waals surface area contributed by atoms with Crippen LogP contribution in [0.3, 0.4) is 0 Å². The molecule has 2 aliphatic rings. The Labute approximate surface area is 98.2 Å². The lowest BCUT2D eigenvalue weighted by Gasteiger charge is -2.09. The summed E-state index contributed by atoms with van der Waals surface area (Å²) in [7, 11) is -3.00. The second-order valence-corrected chi connectivity index (χ2v) is 7.02. The Morgan fingerprint density at radius 1 is 1.12 bits per heavy atom. The summed E-state index contributed by atoms with van der Waals surface area (Å²) in [5, 5.41) is 3.29. The second kappa shape index (κ2) is 5.47. The lowest BCUT2D eigenvalue weighted by atomic mass is 10.1. The Hall–Kier alpha value is -0.130. The molecule has 1 atom stereocenters. The van der Waals surface area contributed by atoms with Crippen LogP contribution in [0.25, 0.3) is 0 Å². The van der Waals surface area contributed by atoms with E-state index >= 15 is 0 Å². The molecule has 1 aliphatic heterocycles. The molecular weight excluding hydrogens is 224 g/mol. The highest BCUT2D eigenvalue weighted by molar-refractivity contribution is 7.89. The highest BCUT2D eigenvalue weighted by Gasteiger charge is 2.24. The van der Waals surface area contributed by atoms with Crippen LogP contribution in [-0.2, 0) is 10.0 Å². The van der Waals surface area contributed by atoms with Crippen LogP contribution < -0.4 is 10.0 Å². The third kappa shape index (κ3) is 4.39. The molecular formula is C11H22N2O2S. The minimum Gasteiger partial charge on any atom is -0.316 e. The standard InChI is InChI=1S/C11H22N2O2S/c14-16(15,8-5-10-1-2-10)13-7-4-11-3-6-12-9-11/h10-13H,1-9H2. The van der Waals surface area contributed by atoms with Crippen LogP contribution in [0.1, 0.15) is 32.1 Å². The number of nitrogens with one attached hydrogen (secondary N) is 2. The van der Waals surface area contributed by atoms with E-state index in [-0.39, 0.29) is 0 Å². The van der Waals surface area contributed by atoms with Gasteiger partial charge in [0.25, 0.3) is 0 Å². The lowest BCUT2D eigenvalue weighted by Crippen LogP contribution is -2.29. The van der Waals surface area contributed by atoms with Crippen molar-refractivity contribution in [3.05, 3.63) is 0 Å². The maximum atomic E-state index is 11.6. The molecule has 0 amide bonds. The van der Waals surface area contributed by atoms with Crippen molar-refractivity contribution in [1.29, 1.82) is 0 Å². The molecule has 4 nitrogen and oxygen atoms in total. The summed E-state index contributed by atoms with van der Waals surface area (Å²) in [5.41, 5.74) is 0. The summed E-state index contributed by atoms with van der Waals surface area (Å²) in [6, 6.07) is 0. The van der Waals surface area contributed by atoms with Gasteiger partial charge in [-0.05, 0) is 44.2 Å². The second-order valence-electron chi connectivity index (χ2n) is 5.09. The van der Waals surface area contributed by atoms with Gasteiger partial charge in [0.05, 0.1) is 5.75 Å². The predicted octanol–water partition coefficient (Wildman–Crippen LogP) is 0.706. The third-order valence-electron chi connectivity index (χ3n) is 3.53. The zero-order valence-electron chi connectivity index (χ0n) is 9.74. The van der Waals surface area contributed by atoms with Crippen molar-refractivity contribution in [3.63, 3.8) is 0 Å².